The third kappa shape index (κ3) is 11.3. The van der Waals surface area contributed by atoms with Crippen molar-refractivity contribution in [3.05, 3.63) is 89.0 Å². The molecule has 292 valence electrons. The number of aromatic nitrogens is 1. The Balaban J connectivity index is 0.000000494. The number of alkyl halides is 6. The molecule has 2 aromatic carbocycles. The lowest BCUT2D eigenvalue weighted by molar-refractivity contribution is -0.139. The number of carbonyl (C=O) groups excluding carboxylic acids is 2. The van der Waals surface area contributed by atoms with Crippen molar-refractivity contribution in [1.82, 2.24) is 14.8 Å². The molecule has 0 radical (unpaired) electrons. The second kappa shape index (κ2) is 19.6. The number of methoxy groups -OCH3 is 1. The summed E-state index contributed by atoms with van der Waals surface area (Å²) in [5.74, 6) is -1.88. The minimum Gasteiger partial charge on any atom is -0.508 e. The Morgan fingerprint density at radius 1 is 0.943 bits per heavy atom. The molecule has 8 nitrogen and oxygen atoms in total. The third-order valence-electron chi connectivity index (χ3n) is 8.96. The number of likely N-dealkylation sites (tertiary alicyclic amines) is 2. The Kier molecular flexibility index (Phi) is 15.9. The second-order valence-corrected chi connectivity index (χ2v) is 12.3. The lowest BCUT2D eigenvalue weighted by Gasteiger charge is -2.42. The zero-order chi connectivity index (χ0) is 39.3. The van der Waals surface area contributed by atoms with Crippen molar-refractivity contribution in [2.45, 2.75) is 77.2 Å². The summed E-state index contributed by atoms with van der Waals surface area (Å²) in [5.41, 5.74) is -1.87. The maximum absolute atomic E-state index is 14.9. The predicted molar refractivity (Wildman–Crippen MR) is 184 cm³/mol. The summed E-state index contributed by atoms with van der Waals surface area (Å²) < 4.78 is 102. The molecule has 3 heterocycles. The van der Waals surface area contributed by atoms with Crippen LogP contribution in [-0.4, -0.2) is 77.7 Å². The first-order valence-electron chi connectivity index (χ1n) is 17.5. The summed E-state index contributed by atoms with van der Waals surface area (Å²) in [7, 11) is 1.55. The number of piperidine rings is 1. The molecular formula is C38H46F7N3O5. The molecule has 2 aliphatic rings. The number of aromatic hydroxyl groups is 1. The highest BCUT2D eigenvalue weighted by Crippen LogP contribution is 2.39. The number of hydrogen-bond donors (Lipinski definition) is 1. The number of phenolic OH excluding ortho intramolecular Hbond substituents is 1. The van der Waals surface area contributed by atoms with E-state index in [1.54, 1.807) is 24.1 Å². The quantitative estimate of drug-likeness (QED) is 0.174. The summed E-state index contributed by atoms with van der Waals surface area (Å²) in [6, 6.07) is 8.58. The van der Waals surface area contributed by atoms with Gasteiger partial charge in [0.05, 0.1) is 29.2 Å². The molecule has 2 amide bonds. The number of carbonyl (C=O) groups is 2. The van der Waals surface area contributed by atoms with Crippen LogP contribution in [0.15, 0.2) is 60.9 Å². The largest absolute Gasteiger partial charge is 0.508 e. The molecule has 53 heavy (non-hydrogen) atoms. The van der Waals surface area contributed by atoms with Crippen LogP contribution in [0.3, 0.4) is 0 Å². The maximum Gasteiger partial charge on any atom is 0.417 e. The van der Waals surface area contributed by atoms with E-state index < -0.39 is 52.7 Å². The lowest BCUT2D eigenvalue weighted by Crippen LogP contribution is -2.53. The van der Waals surface area contributed by atoms with Crippen molar-refractivity contribution in [2.24, 2.45) is 5.92 Å². The van der Waals surface area contributed by atoms with Gasteiger partial charge in [0.15, 0.2) is 0 Å². The van der Waals surface area contributed by atoms with Gasteiger partial charge in [-0.1, -0.05) is 33.3 Å². The molecule has 3 atom stereocenters. The van der Waals surface area contributed by atoms with E-state index in [1.807, 2.05) is 20.8 Å². The molecule has 2 aliphatic heterocycles. The van der Waals surface area contributed by atoms with E-state index in [0.29, 0.717) is 63.1 Å². The van der Waals surface area contributed by atoms with Gasteiger partial charge in [0, 0.05) is 56.7 Å². The van der Waals surface area contributed by atoms with Crippen molar-refractivity contribution >= 4 is 11.8 Å². The number of phenols is 1. The minimum absolute atomic E-state index is 0.154. The molecular weight excluding hydrogens is 711 g/mol. The van der Waals surface area contributed by atoms with Crippen LogP contribution in [0.25, 0.3) is 0 Å². The van der Waals surface area contributed by atoms with E-state index >= 15 is 0 Å². The smallest absolute Gasteiger partial charge is 0.417 e. The zero-order valence-corrected chi connectivity index (χ0v) is 30.1. The van der Waals surface area contributed by atoms with Gasteiger partial charge in [-0.25, -0.2) is 4.39 Å². The van der Waals surface area contributed by atoms with Crippen LogP contribution in [0.1, 0.15) is 85.8 Å². The summed E-state index contributed by atoms with van der Waals surface area (Å²) >= 11 is 0. The van der Waals surface area contributed by atoms with Gasteiger partial charge in [-0.3, -0.25) is 14.6 Å². The van der Waals surface area contributed by atoms with E-state index in [2.05, 4.69) is 4.98 Å². The van der Waals surface area contributed by atoms with Crippen molar-refractivity contribution < 1.29 is 54.9 Å². The molecule has 3 unspecified atom stereocenters. The molecule has 0 saturated carbocycles. The highest BCUT2D eigenvalue weighted by Gasteiger charge is 2.44. The molecule has 2 fully saturated rings. The normalized spacial score (nSPS) is 18.7. The van der Waals surface area contributed by atoms with Crippen LogP contribution in [-0.2, 0) is 21.9 Å². The summed E-state index contributed by atoms with van der Waals surface area (Å²) in [5, 5.41) is 8.66. The highest BCUT2D eigenvalue weighted by atomic mass is 19.4. The fourth-order valence-corrected chi connectivity index (χ4v) is 6.57. The summed E-state index contributed by atoms with van der Waals surface area (Å²) in [6.45, 7) is 7.51. The van der Waals surface area contributed by atoms with Gasteiger partial charge >= 0.3 is 12.4 Å². The van der Waals surface area contributed by atoms with Crippen LogP contribution >= 0.6 is 0 Å². The van der Waals surface area contributed by atoms with E-state index in [9.17, 15) is 40.3 Å². The van der Waals surface area contributed by atoms with Gasteiger partial charge in [-0.05, 0) is 68.1 Å². The Hall–Kier alpha value is -4.40. The Morgan fingerprint density at radius 2 is 1.64 bits per heavy atom. The average Bonchev–Trinajstić information content (AvgIpc) is 3.62. The second-order valence-electron chi connectivity index (χ2n) is 12.3. The van der Waals surface area contributed by atoms with Gasteiger partial charge in [-0.15, -0.1) is 0 Å². The van der Waals surface area contributed by atoms with Gasteiger partial charge in [0.25, 0.3) is 5.91 Å². The topological polar surface area (TPSA) is 92.2 Å². The Bertz CT molecular complexity index is 1620. The summed E-state index contributed by atoms with van der Waals surface area (Å²) in [4.78, 5) is 34.2. The molecule has 0 bridgehead atoms. The molecule has 1 N–H and O–H groups in total. The molecule has 2 saturated heterocycles. The number of amides is 2. The van der Waals surface area contributed by atoms with E-state index in [4.69, 9.17) is 14.6 Å². The van der Waals surface area contributed by atoms with Crippen LogP contribution in [0.2, 0.25) is 0 Å². The van der Waals surface area contributed by atoms with Crippen molar-refractivity contribution in [2.75, 3.05) is 40.0 Å². The van der Waals surface area contributed by atoms with Gasteiger partial charge in [0.2, 0.25) is 5.91 Å². The lowest BCUT2D eigenvalue weighted by atomic mass is 9.84. The van der Waals surface area contributed by atoms with Gasteiger partial charge < -0.3 is 24.4 Å². The molecule has 0 spiro atoms. The number of ether oxygens (including phenoxy) is 2. The maximum atomic E-state index is 14.9. The van der Waals surface area contributed by atoms with Crippen LogP contribution < -0.4 is 4.74 Å². The number of hydrogen-bond acceptors (Lipinski definition) is 6. The molecule has 3 aromatic rings. The first kappa shape index (κ1) is 43.0. The number of rotatable bonds is 9. The highest BCUT2D eigenvalue weighted by molar-refractivity contribution is 5.96. The van der Waals surface area contributed by atoms with Gasteiger partial charge in [-0.2, -0.15) is 26.3 Å². The predicted octanol–water partition coefficient (Wildman–Crippen LogP) is 8.74. The monoisotopic (exact) mass is 757 g/mol. The Labute approximate surface area is 304 Å². The van der Waals surface area contributed by atoms with Crippen molar-refractivity contribution in [1.29, 1.82) is 0 Å². The SMILES string of the molecule is CC.CCCC1C(C(=O)N2CCC(c3c(F)cccc3OCCOC)C2)CCCN1C(=O)c1cnccc1C(F)(F)F.Oc1ccc(C(F)(F)F)cc1. The Morgan fingerprint density at radius 3 is 2.26 bits per heavy atom. The molecule has 15 heteroatoms. The third-order valence-corrected chi connectivity index (χ3v) is 8.96. The fourth-order valence-electron chi connectivity index (χ4n) is 6.57. The van der Waals surface area contributed by atoms with Crippen molar-refractivity contribution in [3.63, 3.8) is 0 Å². The van der Waals surface area contributed by atoms with E-state index in [1.165, 1.54) is 11.0 Å². The number of pyridine rings is 1. The molecule has 1 aromatic heterocycles. The number of nitrogens with zero attached hydrogens (tertiary/aromatic N) is 3. The fraction of sp³-hybridized carbons (Fsp3) is 0.500. The van der Waals surface area contributed by atoms with E-state index in [0.717, 1.165) is 42.7 Å². The minimum atomic E-state index is -4.71. The van der Waals surface area contributed by atoms with E-state index in [-0.39, 0.29) is 30.7 Å². The van der Waals surface area contributed by atoms with Crippen LogP contribution in [0, 0.1) is 11.7 Å². The standard InChI is InChI=1S/C29H35F4N3O4.C7H5F3O.C2H6/c1-3-6-24-20(7-5-13-36(24)28(38)21-17-34-12-10-22(21)29(31,32)33)27(37)35-14-11-19(18-35)26-23(30)8-4-9-25(26)40-16-15-39-2;8-7(9,10)5-1-3-6(11)4-2-5;1-2/h4,8-10,12,17,19-20,24H,3,5-7,11,13-16,18H2,1-2H3;1-4,11H;1-2H3. The zero-order valence-electron chi connectivity index (χ0n) is 30.1. The average molecular weight is 758 g/mol. The van der Waals surface area contributed by atoms with Gasteiger partial charge in [0.1, 0.15) is 23.9 Å². The number of halogens is 7. The van der Waals surface area contributed by atoms with Crippen LogP contribution in [0.5, 0.6) is 11.5 Å². The van der Waals surface area contributed by atoms with Crippen LogP contribution in [0.4, 0.5) is 30.7 Å². The molecule has 0 aliphatic carbocycles. The first-order chi connectivity index (χ1) is 25.2. The van der Waals surface area contributed by atoms with Crippen molar-refractivity contribution in [3.8, 4) is 11.5 Å². The number of benzene rings is 2. The summed E-state index contributed by atoms with van der Waals surface area (Å²) in [6.07, 6.45) is -4.37. The first-order valence-corrected chi connectivity index (χ1v) is 17.5. The molecule has 5 rings (SSSR count).